The van der Waals surface area contributed by atoms with Gasteiger partial charge in [-0.3, -0.25) is 14.4 Å². The number of aryl methyl sites for hydroxylation is 1. The number of halogens is 2. The Morgan fingerprint density at radius 1 is 1.00 bits per heavy atom. The summed E-state index contributed by atoms with van der Waals surface area (Å²) in [6.07, 6.45) is 1.35. The van der Waals surface area contributed by atoms with Crippen molar-refractivity contribution in [2.24, 2.45) is 0 Å². The second-order valence-electron chi connectivity index (χ2n) is 7.41. The summed E-state index contributed by atoms with van der Waals surface area (Å²) in [6.45, 7) is 1.71. The predicted octanol–water partition coefficient (Wildman–Crippen LogP) is 4.97. The number of ketones is 1. The Morgan fingerprint density at radius 3 is 2.38 bits per heavy atom. The SMILES string of the molecule is Cc1ccc(C(=O)c2cn(CC(=O)Nc3ccc(Cl)cc3)c3ccc(F)cc3c2=O)cc1. The second kappa shape index (κ2) is 8.77. The van der Waals surface area contributed by atoms with E-state index in [9.17, 15) is 18.8 Å². The Morgan fingerprint density at radius 2 is 1.69 bits per heavy atom. The van der Waals surface area contributed by atoms with E-state index in [0.717, 1.165) is 11.6 Å². The van der Waals surface area contributed by atoms with E-state index in [1.807, 2.05) is 6.92 Å². The predicted molar refractivity (Wildman–Crippen MR) is 123 cm³/mol. The van der Waals surface area contributed by atoms with Crippen molar-refractivity contribution in [2.45, 2.75) is 13.5 Å². The van der Waals surface area contributed by atoms with Crippen LogP contribution in [0.25, 0.3) is 10.9 Å². The molecule has 5 nitrogen and oxygen atoms in total. The summed E-state index contributed by atoms with van der Waals surface area (Å²) in [4.78, 5) is 38.7. The summed E-state index contributed by atoms with van der Waals surface area (Å²) >= 11 is 5.87. The molecule has 0 radical (unpaired) electrons. The van der Waals surface area contributed by atoms with Crippen molar-refractivity contribution in [1.29, 1.82) is 0 Å². The zero-order valence-corrected chi connectivity index (χ0v) is 17.8. The van der Waals surface area contributed by atoms with Gasteiger partial charge in [-0.05, 0) is 49.4 Å². The van der Waals surface area contributed by atoms with Gasteiger partial charge in [-0.25, -0.2) is 4.39 Å². The third kappa shape index (κ3) is 4.45. The van der Waals surface area contributed by atoms with Crippen LogP contribution in [0.15, 0.2) is 77.7 Å². The molecule has 4 aromatic rings. The number of anilines is 1. The number of rotatable bonds is 5. The molecule has 0 aliphatic carbocycles. The molecule has 1 N–H and O–H groups in total. The van der Waals surface area contributed by atoms with Crippen LogP contribution in [0.5, 0.6) is 0 Å². The lowest BCUT2D eigenvalue weighted by Gasteiger charge is -2.14. The van der Waals surface area contributed by atoms with Gasteiger partial charge < -0.3 is 9.88 Å². The molecule has 3 aromatic carbocycles. The van der Waals surface area contributed by atoms with E-state index in [-0.39, 0.29) is 23.4 Å². The van der Waals surface area contributed by atoms with Crippen LogP contribution in [0.3, 0.4) is 0 Å². The number of nitrogens with zero attached hydrogens (tertiary/aromatic N) is 1. The van der Waals surface area contributed by atoms with Gasteiger partial charge >= 0.3 is 0 Å². The Hall–Kier alpha value is -3.77. The van der Waals surface area contributed by atoms with Gasteiger partial charge in [0.2, 0.25) is 11.3 Å². The summed E-state index contributed by atoms with van der Waals surface area (Å²) in [5, 5.41) is 3.31. The quantitative estimate of drug-likeness (QED) is 0.438. The number of fused-ring (bicyclic) bond motifs is 1. The third-order valence-corrected chi connectivity index (χ3v) is 5.29. The maximum atomic E-state index is 13.9. The molecule has 1 heterocycles. The minimum Gasteiger partial charge on any atom is -0.337 e. The number of hydrogen-bond donors (Lipinski definition) is 1. The summed E-state index contributed by atoms with van der Waals surface area (Å²) in [5.41, 5.74) is 1.49. The van der Waals surface area contributed by atoms with E-state index >= 15 is 0 Å². The monoisotopic (exact) mass is 448 g/mol. The molecule has 0 atom stereocenters. The highest BCUT2D eigenvalue weighted by atomic mass is 35.5. The number of amides is 1. The van der Waals surface area contributed by atoms with Crippen LogP contribution in [-0.2, 0) is 11.3 Å². The fraction of sp³-hybridized carbons (Fsp3) is 0.0800. The van der Waals surface area contributed by atoms with Crippen LogP contribution < -0.4 is 10.7 Å². The fourth-order valence-electron chi connectivity index (χ4n) is 3.41. The number of pyridine rings is 1. The zero-order valence-electron chi connectivity index (χ0n) is 17.1. The van der Waals surface area contributed by atoms with Crippen LogP contribution in [0.2, 0.25) is 5.02 Å². The normalized spacial score (nSPS) is 10.8. The van der Waals surface area contributed by atoms with Crippen LogP contribution in [0.1, 0.15) is 21.5 Å². The van der Waals surface area contributed by atoms with E-state index in [1.54, 1.807) is 48.5 Å². The first-order valence-corrected chi connectivity index (χ1v) is 10.2. The van der Waals surface area contributed by atoms with E-state index in [0.29, 0.717) is 21.8 Å². The number of carbonyl (C=O) groups is 2. The smallest absolute Gasteiger partial charge is 0.244 e. The minimum atomic E-state index is -0.605. The summed E-state index contributed by atoms with van der Waals surface area (Å²) in [6, 6.07) is 17.1. The van der Waals surface area contributed by atoms with Gasteiger partial charge in [0.05, 0.1) is 11.1 Å². The molecule has 0 fully saturated rings. The van der Waals surface area contributed by atoms with Gasteiger partial charge in [-0.1, -0.05) is 41.4 Å². The number of carbonyl (C=O) groups excluding carboxylic acids is 2. The van der Waals surface area contributed by atoms with Gasteiger partial charge in [0.1, 0.15) is 12.4 Å². The fourth-order valence-corrected chi connectivity index (χ4v) is 3.54. The Labute approximate surface area is 188 Å². The molecule has 160 valence electrons. The summed E-state index contributed by atoms with van der Waals surface area (Å²) < 4.78 is 15.4. The van der Waals surface area contributed by atoms with Crippen molar-refractivity contribution in [1.82, 2.24) is 4.57 Å². The molecule has 7 heteroatoms. The van der Waals surface area contributed by atoms with Crippen molar-refractivity contribution < 1.29 is 14.0 Å². The van der Waals surface area contributed by atoms with E-state index in [1.165, 1.54) is 22.9 Å². The molecule has 0 saturated carbocycles. The molecule has 32 heavy (non-hydrogen) atoms. The standard InChI is InChI=1S/C25H18ClFN2O3/c1-15-2-4-16(5-3-15)24(31)21-13-29(22-11-8-18(27)12-20(22)25(21)32)14-23(30)28-19-9-6-17(26)7-10-19/h2-13H,14H2,1H3,(H,28,30). The Bertz CT molecular complexity index is 1390. The molecule has 0 aliphatic rings. The van der Waals surface area contributed by atoms with Gasteiger partial charge in [0, 0.05) is 27.9 Å². The Balaban J connectivity index is 1.75. The van der Waals surface area contributed by atoms with Crippen LogP contribution >= 0.6 is 11.6 Å². The van der Waals surface area contributed by atoms with Crippen LogP contribution in [0, 0.1) is 12.7 Å². The van der Waals surface area contributed by atoms with Gasteiger partial charge in [0.25, 0.3) is 0 Å². The molecule has 0 bridgehead atoms. The number of nitrogens with one attached hydrogen (secondary N) is 1. The van der Waals surface area contributed by atoms with Crippen molar-refractivity contribution in [2.75, 3.05) is 5.32 Å². The second-order valence-corrected chi connectivity index (χ2v) is 7.85. The number of hydrogen-bond acceptors (Lipinski definition) is 3. The van der Waals surface area contributed by atoms with Crippen molar-refractivity contribution in [3.05, 3.63) is 111 Å². The number of benzene rings is 3. The molecular formula is C25H18ClFN2O3. The highest BCUT2D eigenvalue weighted by Gasteiger charge is 2.18. The van der Waals surface area contributed by atoms with E-state index < -0.39 is 17.0 Å². The first-order valence-electron chi connectivity index (χ1n) is 9.81. The minimum absolute atomic E-state index is 0.0299. The van der Waals surface area contributed by atoms with Crippen LogP contribution in [0.4, 0.5) is 10.1 Å². The van der Waals surface area contributed by atoms with Crippen molar-refractivity contribution in [3.8, 4) is 0 Å². The molecule has 1 aromatic heterocycles. The maximum Gasteiger partial charge on any atom is 0.244 e. The average Bonchev–Trinajstić information content (AvgIpc) is 2.77. The molecule has 0 saturated heterocycles. The molecule has 4 rings (SSSR count). The lowest BCUT2D eigenvalue weighted by atomic mass is 10.0. The van der Waals surface area contributed by atoms with Crippen molar-refractivity contribution in [3.63, 3.8) is 0 Å². The average molecular weight is 449 g/mol. The molecule has 0 unspecified atom stereocenters. The summed E-state index contributed by atoms with van der Waals surface area (Å²) in [5.74, 6) is -1.48. The molecule has 1 amide bonds. The maximum absolute atomic E-state index is 13.9. The third-order valence-electron chi connectivity index (χ3n) is 5.04. The van der Waals surface area contributed by atoms with E-state index in [2.05, 4.69) is 5.32 Å². The van der Waals surface area contributed by atoms with Gasteiger partial charge in [-0.2, -0.15) is 0 Å². The summed E-state index contributed by atoms with van der Waals surface area (Å²) in [7, 11) is 0. The zero-order chi connectivity index (χ0) is 22.8. The van der Waals surface area contributed by atoms with Crippen LogP contribution in [-0.4, -0.2) is 16.3 Å². The van der Waals surface area contributed by atoms with Crippen molar-refractivity contribution >= 4 is 39.9 Å². The highest BCUT2D eigenvalue weighted by Crippen LogP contribution is 2.18. The topological polar surface area (TPSA) is 68.2 Å². The van der Waals surface area contributed by atoms with E-state index in [4.69, 9.17) is 11.6 Å². The molecular weight excluding hydrogens is 431 g/mol. The molecule has 0 spiro atoms. The number of aromatic nitrogens is 1. The van der Waals surface area contributed by atoms with Gasteiger partial charge in [-0.15, -0.1) is 0 Å². The highest BCUT2D eigenvalue weighted by molar-refractivity contribution is 6.30. The first kappa shape index (κ1) is 21.5. The largest absolute Gasteiger partial charge is 0.337 e. The van der Waals surface area contributed by atoms with Gasteiger partial charge in [0.15, 0.2) is 5.78 Å². The first-order chi connectivity index (χ1) is 15.3. The lowest BCUT2D eigenvalue weighted by Crippen LogP contribution is -2.24. The molecule has 0 aliphatic heterocycles. The Kier molecular flexibility index (Phi) is 5.88. The lowest BCUT2D eigenvalue weighted by molar-refractivity contribution is -0.116.